The fourth-order valence-electron chi connectivity index (χ4n) is 2.72. The summed E-state index contributed by atoms with van der Waals surface area (Å²) in [4.78, 5) is 22.5. The van der Waals surface area contributed by atoms with Crippen molar-refractivity contribution < 1.29 is 24.2 Å². The molecule has 0 aliphatic carbocycles. The predicted molar refractivity (Wildman–Crippen MR) is 133 cm³/mol. The van der Waals surface area contributed by atoms with Crippen LogP contribution in [0.3, 0.4) is 0 Å². The molecule has 0 saturated heterocycles. The second-order valence-corrected chi connectivity index (χ2v) is 8.44. The minimum atomic E-state index is -1.03. The molecule has 6 nitrogen and oxygen atoms in total. The highest BCUT2D eigenvalue weighted by Gasteiger charge is 2.15. The lowest BCUT2D eigenvalue weighted by atomic mass is 10.1. The van der Waals surface area contributed by atoms with E-state index in [0.29, 0.717) is 18.7 Å². The first kappa shape index (κ1) is 26.3. The summed E-state index contributed by atoms with van der Waals surface area (Å²) in [5.74, 6) is 5.79. The maximum Gasteiger partial charge on any atom is 0.407 e. The van der Waals surface area contributed by atoms with E-state index in [-0.39, 0.29) is 0 Å². The number of hydrogen-bond acceptors (Lipinski definition) is 4. The van der Waals surface area contributed by atoms with Gasteiger partial charge < -0.3 is 19.9 Å². The number of carbonyl (C=O) groups is 2. The Labute approximate surface area is 201 Å². The molecule has 0 aromatic heterocycles. The Morgan fingerprint density at radius 1 is 1.00 bits per heavy atom. The van der Waals surface area contributed by atoms with Gasteiger partial charge >= 0.3 is 12.1 Å². The van der Waals surface area contributed by atoms with Gasteiger partial charge in [0.15, 0.2) is 0 Å². The normalized spacial score (nSPS) is 11.4. The van der Waals surface area contributed by atoms with Crippen LogP contribution in [0.5, 0.6) is 5.75 Å². The van der Waals surface area contributed by atoms with Crippen molar-refractivity contribution in [3.8, 4) is 17.6 Å². The summed E-state index contributed by atoms with van der Waals surface area (Å²) < 4.78 is 10.9. The summed E-state index contributed by atoms with van der Waals surface area (Å²) in [6.07, 6.45) is 5.55. The molecule has 1 amide bonds. The molecule has 0 saturated carbocycles. The standard InChI is InChI=1S/C28H31NO5/c1-28(2,3)34-27(32)29-19-7-8-20-33-25-16-13-22(14-17-25)11-12-24(15-18-26(30)31)21-23-9-5-4-6-10-23/h4-6,9-10,13-18,21H,7-8,19-20H2,1-3H3,(H,29,32)(H,30,31)/b18-15-,24-21+. The van der Waals surface area contributed by atoms with Crippen LogP contribution < -0.4 is 10.1 Å². The molecular weight excluding hydrogens is 430 g/mol. The lowest BCUT2D eigenvalue weighted by molar-refractivity contribution is -0.131. The van der Waals surface area contributed by atoms with Crippen LogP contribution in [0, 0.1) is 11.8 Å². The molecular formula is C28H31NO5. The van der Waals surface area contributed by atoms with E-state index in [9.17, 15) is 9.59 Å². The summed E-state index contributed by atoms with van der Waals surface area (Å²) >= 11 is 0. The van der Waals surface area contributed by atoms with Gasteiger partial charge in [-0.3, -0.25) is 0 Å². The van der Waals surface area contributed by atoms with Gasteiger partial charge in [-0.25, -0.2) is 9.59 Å². The van der Waals surface area contributed by atoms with Crippen molar-refractivity contribution in [1.29, 1.82) is 0 Å². The summed E-state index contributed by atoms with van der Waals surface area (Å²) in [5, 5.41) is 11.7. The van der Waals surface area contributed by atoms with Crippen molar-refractivity contribution in [2.45, 2.75) is 39.2 Å². The van der Waals surface area contributed by atoms with Crippen molar-refractivity contribution in [3.63, 3.8) is 0 Å². The molecule has 0 atom stereocenters. The maximum atomic E-state index is 11.6. The van der Waals surface area contributed by atoms with Gasteiger partial charge in [-0.1, -0.05) is 42.2 Å². The van der Waals surface area contributed by atoms with E-state index in [4.69, 9.17) is 14.6 Å². The minimum absolute atomic E-state index is 0.412. The van der Waals surface area contributed by atoms with E-state index in [1.165, 1.54) is 6.08 Å². The molecule has 0 radical (unpaired) electrons. The van der Waals surface area contributed by atoms with Crippen LogP contribution in [0.15, 0.2) is 72.3 Å². The van der Waals surface area contributed by atoms with Gasteiger partial charge in [0, 0.05) is 23.8 Å². The van der Waals surface area contributed by atoms with Gasteiger partial charge in [-0.15, -0.1) is 0 Å². The third kappa shape index (κ3) is 11.6. The molecule has 2 N–H and O–H groups in total. The highest BCUT2D eigenvalue weighted by molar-refractivity contribution is 5.81. The lowest BCUT2D eigenvalue weighted by Crippen LogP contribution is -2.33. The molecule has 0 aliphatic heterocycles. The lowest BCUT2D eigenvalue weighted by Gasteiger charge is -2.19. The van der Waals surface area contributed by atoms with Crippen molar-refractivity contribution in [2.24, 2.45) is 0 Å². The first-order valence-electron chi connectivity index (χ1n) is 11.1. The first-order valence-corrected chi connectivity index (χ1v) is 11.1. The van der Waals surface area contributed by atoms with Crippen molar-refractivity contribution in [1.82, 2.24) is 5.32 Å². The van der Waals surface area contributed by atoms with Gasteiger partial charge in [0.2, 0.25) is 0 Å². The fourth-order valence-corrected chi connectivity index (χ4v) is 2.72. The molecule has 0 unspecified atom stereocenters. The number of benzene rings is 2. The maximum absolute atomic E-state index is 11.6. The average molecular weight is 462 g/mol. The smallest absolute Gasteiger partial charge is 0.407 e. The van der Waals surface area contributed by atoms with E-state index in [2.05, 4.69) is 17.2 Å². The molecule has 2 rings (SSSR count). The zero-order valence-electron chi connectivity index (χ0n) is 19.8. The Bertz CT molecular complexity index is 1050. The van der Waals surface area contributed by atoms with Gasteiger partial charge in [0.25, 0.3) is 0 Å². The number of aliphatic carboxylic acids is 1. The van der Waals surface area contributed by atoms with Crippen LogP contribution in [-0.4, -0.2) is 35.9 Å². The van der Waals surface area contributed by atoms with E-state index in [1.807, 2.05) is 81.4 Å². The third-order valence-electron chi connectivity index (χ3n) is 4.24. The van der Waals surface area contributed by atoms with E-state index in [1.54, 1.807) is 0 Å². The van der Waals surface area contributed by atoms with E-state index in [0.717, 1.165) is 35.8 Å². The molecule has 0 bridgehead atoms. The zero-order valence-corrected chi connectivity index (χ0v) is 19.8. The zero-order chi connectivity index (χ0) is 24.8. The second kappa shape index (κ2) is 13.5. The minimum Gasteiger partial charge on any atom is -0.494 e. The number of ether oxygens (including phenoxy) is 2. The van der Waals surface area contributed by atoms with Gasteiger partial charge in [-0.2, -0.15) is 0 Å². The Morgan fingerprint density at radius 2 is 1.71 bits per heavy atom. The number of alkyl carbamates (subject to hydrolysis) is 1. The molecule has 34 heavy (non-hydrogen) atoms. The average Bonchev–Trinajstić information content (AvgIpc) is 2.78. The van der Waals surface area contributed by atoms with Crippen LogP contribution in [0.4, 0.5) is 4.79 Å². The van der Waals surface area contributed by atoms with Crippen LogP contribution in [0.25, 0.3) is 6.08 Å². The highest BCUT2D eigenvalue weighted by Crippen LogP contribution is 2.13. The summed E-state index contributed by atoms with van der Waals surface area (Å²) in [7, 11) is 0. The van der Waals surface area contributed by atoms with E-state index >= 15 is 0 Å². The van der Waals surface area contributed by atoms with Crippen molar-refractivity contribution >= 4 is 18.1 Å². The second-order valence-electron chi connectivity index (χ2n) is 8.44. The number of unbranched alkanes of at least 4 members (excludes halogenated alkanes) is 1. The van der Waals surface area contributed by atoms with Crippen LogP contribution >= 0.6 is 0 Å². The number of carbonyl (C=O) groups excluding carboxylic acids is 1. The Kier molecular flexibility index (Phi) is 10.5. The Morgan fingerprint density at radius 3 is 2.35 bits per heavy atom. The van der Waals surface area contributed by atoms with Crippen molar-refractivity contribution in [3.05, 3.63) is 83.4 Å². The molecule has 6 heteroatoms. The molecule has 0 fully saturated rings. The number of carboxylic acid groups (broad SMARTS) is 1. The number of hydrogen-bond donors (Lipinski definition) is 2. The summed E-state index contributed by atoms with van der Waals surface area (Å²) in [6, 6.07) is 17.0. The molecule has 0 aliphatic rings. The molecule has 0 heterocycles. The van der Waals surface area contributed by atoms with Crippen LogP contribution in [0.2, 0.25) is 0 Å². The number of nitrogens with one attached hydrogen (secondary N) is 1. The van der Waals surface area contributed by atoms with Gasteiger partial charge in [0.05, 0.1) is 6.61 Å². The predicted octanol–water partition coefficient (Wildman–Crippen LogP) is 5.45. The van der Waals surface area contributed by atoms with Gasteiger partial charge in [0.1, 0.15) is 11.4 Å². The van der Waals surface area contributed by atoms with E-state index < -0.39 is 17.7 Å². The summed E-state index contributed by atoms with van der Waals surface area (Å²) in [6.45, 7) is 6.55. The Balaban J connectivity index is 1.84. The van der Waals surface area contributed by atoms with Gasteiger partial charge in [-0.05, 0) is 75.6 Å². The Hall–Kier alpha value is -3.98. The fraction of sp³-hybridized carbons (Fsp3) is 0.286. The highest BCUT2D eigenvalue weighted by atomic mass is 16.6. The number of carboxylic acids is 1. The monoisotopic (exact) mass is 461 g/mol. The largest absolute Gasteiger partial charge is 0.494 e. The molecule has 178 valence electrons. The molecule has 2 aromatic rings. The number of allylic oxidation sites excluding steroid dienone is 2. The molecule has 2 aromatic carbocycles. The quantitative estimate of drug-likeness (QED) is 0.225. The third-order valence-corrected chi connectivity index (χ3v) is 4.24. The first-order chi connectivity index (χ1) is 16.2. The number of rotatable bonds is 9. The molecule has 0 spiro atoms. The van der Waals surface area contributed by atoms with Crippen LogP contribution in [0.1, 0.15) is 44.7 Å². The topological polar surface area (TPSA) is 84.9 Å². The number of amides is 1. The van der Waals surface area contributed by atoms with Crippen molar-refractivity contribution in [2.75, 3.05) is 13.2 Å². The van der Waals surface area contributed by atoms with Crippen LogP contribution in [-0.2, 0) is 9.53 Å². The SMILES string of the molecule is CC(C)(C)OC(=O)NCCCCOc1ccc(C#CC(/C=C\C(=O)O)=C\c2ccccc2)cc1. The summed E-state index contributed by atoms with van der Waals surface area (Å²) in [5.41, 5.74) is 1.82.